The number of nitro groups is 1. The Hall–Kier alpha value is -2.38. The first-order valence-electron chi connectivity index (χ1n) is 5.87. The van der Waals surface area contributed by atoms with Crippen LogP contribution in [0, 0.1) is 17.0 Å². The zero-order valence-corrected chi connectivity index (χ0v) is 11.2. The number of rotatable bonds is 5. The third-order valence-electron chi connectivity index (χ3n) is 2.66. The predicted octanol–water partition coefficient (Wildman–Crippen LogP) is 3.09. The zero-order valence-electron chi connectivity index (χ0n) is 11.2. The van der Waals surface area contributed by atoms with Gasteiger partial charge in [0.05, 0.1) is 4.92 Å². The molecule has 0 radical (unpaired) electrons. The van der Waals surface area contributed by atoms with Crippen LogP contribution in [0.1, 0.15) is 15.9 Å². The number of carbonyl (C=O) groups is 1. The van der Waals surface area contributed by atoms with Crippen LogP contribution in [0.3, 0.4) is 0 Å². The van der Waals surface area contributed by atoms with Gasteiger partial charge in [-0.1, -0.05) is 12.1 Å². The van der Waals surface area contributed by atoms with Crippen molar-refractivity contribution in [2.24, 2.45) is 0 Å². The molecule has 114 valence electrons. The molecule has 1 aromatic rings. The van der Waals surface area contributed by atoms with Crippen molar-refractivity contribution in [1.29, 1.82) is 0 Å². The Morgan fingerprint density at radius 3 is 2.57 bits per heavy atom. The fraction of sp³-hybridized carbons (Fsp3) is 0.308. The molecule has 0 atom stereocenters. The third kappa shape index (κ3) is 4.59. The van der Waals surface area contributed by atoms with E-state index in [9.17, 15) is 28.1 Å². The lowest BCUT2D eigenvalue weighted by atomic mass is 10.1. The van der Waals surface area contributed by atoms with Crippen LogP contribution in [0.5, 0.6) is 0 Å². The maximum Gasteiger partial charge on any atom is 0.406 e. The van der Waals surface area contributed by atoms with E-state index in [1.54, 1.807) is 0 Å². The van der Waals surface area contributed by atoms with Gasteiger partial charge in [-0.2, -0.15) is 13.2 Å². The SMILES string of the molecule is C=CCN(CC(F)(F)F)C(=O)c1ccc(C)c([N+](=O)[O-])c1. The van der Waals surface area contributed by atoms with Crippen LogP contribution in [-0.2, 0) is 0 Å². The third-order valence-corrected chi connectivity index (χ3v) is 2.66. The fourth-order valence-electron chi connectivity index (χ4n) is 1.71. The molecule has 1 aromatic carbocycles. The Bertz CT molecular complexity index is 570. The molecular formula is C13H13F3N2O3. The molecule has 0 aliphatic carbocycles. The number of hydrogen-bond acceptors (Lipinski definition) is 3. The van der Waals surface area contributed by atoms with E-state index in [0.29, 0.717) is 10.5 Å². The van der Waals surface area contributed by atoms with Crippen LogP contribution < -0.4 is 0 Å². The van der Waals surface area contributed by atoms with Gasteiger partial charge in [0.1, 0.15) is 6.54 Å². The van der Waals surface area contributed by atoms with Crippen molar-refractivity contribution in [3.8, 4) is 0 Å². The molecule has 0 spiro atoms. The summed E-state index contributed by atoms with van der Waals surface area (Å²) in [5.41, 5.74) is -0.160. The maximum atomic E-state index is 12.4. The van der Waals surface area contributed by atoms with Gasteiger partial charge in [-0.25, -0.2) is 0 Å². The smallest absolute Gasteiger partial charge is 0.326 e. The average Bonchev–Trinajstić information content (AvgIpc) is 2.36. The summed E-state index contributed by atoms with van der Waals surface area (Å²) in [4.78, 5) is 22.7. The Balaban J connectivity index is 3.12. The molecule has 1 amide bonds. The Kier molecular flexibility index (Phi) is 5.07. The molecule has 1 rings (SSSR count). The molecule has 0 fully saturated rings. The van der Waals surface area contributed by atoms with Crippen LogP contribution in [0.2, 0.25) is 0 Å². The number of halogens is 3. The number of carbonyl (C=O) groups excluding carboxylic acids is 1. The van der Waals surface area contributed by atoms with Crippen LogP contribution in [0.4, 0.5) is 18.9 Å². The van der Waals surface area contributed by atoms with Crippen LogP contribution >= 0.6 is 0 Å². The normalized spacial score (nSPS) is 11.0. The van der Waals surface area contributed by atoms with E-state index in [0.717, 1.165) is 12.1 Å². The van der Waals surface area contributed by atoms with E-state index in [1.807, 2.05) is 0 Å². The number of benzene rings is 1. The molecule has 0 aliphatic rings. The van der Waals surface area contributed by atoms with Crippen LogP contribution in [-0.4, -0.2) is 35.0 Å². The van der Waals surface area contributed by atoms with E-state index in [1.165, 1.54) is 19.1 Å². The van der Waals surface area contributed by atoms with Gasteiger partial charge in [0.25, 0.3) is 11.6 Å². The Labute approximate surface area is 118 Å². The summed E-state index contributed by atoms with van der Waals surface area (Å²) < 4.78 is 37.3. The van der Waals surface area contributed by atoms with Gasteiger partial charge >= 0.3 is 6.18 Å². The monoisotopic (exact) mass is 302 g/mol. The minimum atomic E-state index is -4.56. The van der Waals surface area contributed by atoms with Crippen molar-refractivity contribution in [3.05, 3.63) is 52.1 Å². The van der Waals surface area contributed by atoms with Gasteiger partial charge in [0.15, 0.2) is 0 Å². The summed E-state index contributed by atoms with van der Waals surface area (Å²) in [5, 5.41) is 10.8. The minimum absolute atomic E-state index is 0.168. The standard InChI is InChI=1S/C13H13F3N2O3/c1-3-6-17(8-13(14,15)16)12(19)10-5-4-9(2)11(7-10)18(20)21/h3-5,7H,1,6,8H2,2H3. The molecule has 0 saturated carbocycles. The molecule has 5 nitrogen and oxygen atoms in total. The summed E-state index contributed by atoms with van der Waals surface area (Å²) in [7, 11) is 0. The molecule has 0 aliphatic heterocycles. The van der Waals surface area contributed by atoms with Crippen LogP contribution in [0.25, 0.3) is 0 Å². The number of hydrogen-bond donors (Lipinski definition) is 0. The lowest BCUT2D eigenvalue weighted by Crippen LogP contribution is -2.39. The molecule has 0 N–H and O–H groups in total. The summed E-state index contributed by atoms with van der Waals surface area (Å²) in [5.74, 6) is -0.935. The van der Waals surface area contributed by atoms with Crippen molar-refractivity contribution < 1.29 is 22.9 Å². The molecule has 0 bridgehead atoms. The van der Waals surface area contributed by atoms with Crippen molar-refractivity contribution in [3.63, 3.8) is 0 Å². The summed E-state index contributed by atoms with van der Waals surface area (Å²) in [6, 6.07) is 3.56. The van der Waals surface area contributed by atoms with Crippen molar-refractivity contribution in [2.75, 3.05) is 13.1 Å². The highest BCUT2D eigenvalue weighted by Crippen LogP contribution is 2.22. The largest absolute Gasteiger partial charge is 0.406 e. The maximum absolute atomic E-state index is 12.4. The van der Waals surface area contributed by atoms with Gasteiger partial charge in [-0.15, -0.1) is 6.58 Å². The summed E-state index contributed by atoms with van der Waals surface area (Å²) >= 11 is 0. The van der Waals surface area contributed by atoms with Gasteiger partial charge < -0.3 is 4.90 Å². The van der Waals surface area contributed by atoms with E-state index >= 15 is 0 Å². The Morgan fingerprint density at radius 1 is 1.48 bits per heavy atom. The van der Waals surface area contributed by atoms with Crippen molar-refractivity contribution in [2.45, 2.75) is 13.1 Å². The molecular weight excluding hydrogens is 289 g/mol. The van der Waals surface area contributed by atoms with E-state index < -0.39 is 23.6 Å². The number of alkyl halides is 3. The number of nitrogens with zero attached hydrogens (tertiary/aromatic N) is 2. The first-order valence-corrected chi connectivity index (χ1v) is 5.87. The van der Waals surface area contributed by atoms with E-state index in [-0.39, 0.29) is 17.8 Å². The van der Waals surface area contributed by atoms with E-state index in [4.69, 9.17) is 0 Å². The van der Waals surface area contributed by atoms with E-state index in [2.05, 4.69) is 6.58 Å². The lowest BCUT2D eigenvalue weighted by molar-refractivity contribution is -0.385. The summed E-state index contributed by atoms with van der Waals surface area (Å²) in [6.07, 6.45) is -3.40. The van der Waals surface area contributed by atoms with Crippen LogP contribution in [0.15, 0.2) is 30.9 Å². The van der Waals surface area contributed by atoms with Gasteiger partial charge in [-0.05, 0) is 13.0 Å². The predicted molar refractivity (Wildman–Crippen MR) is 70.0 cm³/mol. The summed E-state index contributed by atoms with van der Waals surface area (Å²) in [6.45, 7) is 3.02. The Morgan fingerprint density at radius 2 is 2.10 bits per heavy atom. The number of nitro benzene ring substituents is 1. The molecule has 8 heteroatoms. The molecule has 0 saturated heterocycles. The zero-order chi connectivity index (χ0) is 16.2. The average molecular weight is 302 g/mol. The lowest BCUT2D eigenvalue weighted by Gasteiger charge is -2.22. The quantitative estimate of drug-likeness (QED) is 0.477. The topological polar surface area (TPSA) is 63.5 Å². The van der Waals surface area contributed by atoms with Gasteiger partial charge in [0.2, 0.25) is 0 Å². The van der Waals surface area contributed by atoms with Crippen molar-refractivity contribution >= 4 is 11.6 Å². The molecule has 0 heterocycles. The number of aryl methyl sites for hydroxylation is 1. The van der Waals surface area contributed by atoms with Crippen molar-refractivity contribution in [1.82, 2.24) is 4.90 Å². The minimum Gasteiger partial charge on any atom is -0.326 e. The second kappa shape index (κ2) is 6.38. The highest BCUT2D eigenvalue weighted by Gasteiger charge is 2.33. The highest BCUT2D eigenvalue weighted by molar-refractivity contribution is 5.95. The second-order valence-corrected chi connectivity index (χ2v) is 4.35. The van der Waals surface area contributed by atoms with Gasteiger partial charge in [-0.3, -0.25) is 14.9 Å². The second-order valence-electron chi connectivity index (χ2n) is 4.35. The molecule has 0 aromatic heterocycles. The molecule has 21 heavy (non-hydrogen) atoms. The van der Waals surface area contributed by atoms with Gasteiger partial charge in [0, 0.05) is 23.7 Å². The molecule has 0 unspecified atom stereocenters. The highest BCUT2D eigenvalue weighted by atomic mass is 19.4. The number of amides is 1. The fourth-order valence-corrected chi connectivity index (χ4v) is 1.71. The first kappa shape index (κ1) is 16.7. The first-order chi connectivity index (χ1) is 9.65.